The summed E-state index contributed by atoms with van der Waals surface area (Å²) in [4.78, 5) is 25.0. The van der Waals surface area contributed by atoms with Gasteiger partial charge in [0.15, 0.2) is 0 Å². The average Bonchev–Trinajstić information content (AvgIpc) is 2.90. The Bertz CT molecular complexity index is 468. The van der Waals surface area contributed by atoms with E-state index in [1.54, 1.807) is 18.6 Å². The number of thioether (sulfide) groups is 1. The van der Waals surface area contributed by atoms with Gasteiger partial charge in [-0.05, 0) is 18.9 Å². The number of carboxylic acid groups (broad SMARTS) is 1. The number of hydrogen-bond donors (Lipinski definition) is 1. The molecule has 1 aromatic rings. The van der Waals surface area contributed by atoms with E-state index in [1.165, 1.54) is 16.7 Å². The highest BCUT2D eigenvalue weighted by Crippen LogP contribution is 2.45. The van der Waals surface area contributed by atoms with Gasteiger partial charge < -0.3 is 14.4 Å². The molecule has 0 spiro atoms. The molecule has 2 aliphatic rings. The van der Waals surface area contributed by atoms with Crippen LogP contribution in [0.3, 0.4) is 0 Å². The summed E-state index contributed by atoms with van der Waals surface area (Å²) >= 11 is 1.48. The molecule has 18 heavy (non-hydrogen) atoms. The molecule has 2 fully saturated rings. The molecule has 3 rings (SSSR count). The van der Waals surface area contributed by atoms with Gasteiger partial charge in [-0.3, -0.25) is 4.79 Å². The molecule has 0 bridgehead atoms. The number of carbonyl (C=O) groups excluding carboxylic acids is 1. The quantitative estimate of drug-likeness (QED) is 0.902. The Morgan fingerprint density at radius 2 is 2.22 bits per heavy atom. The fourth-order valence-corrected chi connectivity index (χ4v) is 3.58. The SMILES string of the molecule is O=C(O)[C@@H]1CS[C@H](c2ccoc2)N1C(=O)C1CC1. The molecule has 2 atom stereocenters. The van der Waals surface area contributed by atoms with E-state index in [9.17, 15) is 14.7 Å². The Balaban J connectivity index is 1.89. The van der Waals surface area contributed by atoms with Crippen LogP contribution in [0.5, 0.6) is 0 Å². The summed E-state index contributed by atoms with van der Waals surface area (Å²) in [5.41, 5.74) is 0.859. The zero-order valence-corrected chi connectivity index (χ0v) is 10.4. The van der Waals surface area contributed by atoms with Gasteiger partial charge in [0.2, 0.25) is 5.91 Å². The largest absolute Gasteiger partial charge is 0.480 e. The van der Waals surface area contributed by atoms with Crippen molar-refractivity contribution in [2.24, 2.45) is 5.92 Å². The van der Waals surface area contributed by atoms with Crippen LogP contribution in [0.1, 0.15) is 23.8 Å². The summed E-state index contributed by atoms with van der Waals surface area (Å²) in [7, 11) is 0. The summed E-state index contributed by atoms with van der Waals surface area (Å²) in [5.74, 6) is -0.495. The van der Waals surface area contributed by atoms with Gasteiger partial charge in [-0.2, -0.15) is 0 Å². The maximum absolute atomic E-state index is 12.2. The van der Waals surface area contributed by atoms with E-state index in [0.717, 1.165) is 18.4 Å². The first kappa shape index (κ1) is 11.6. The lowest BCUT2D eigenvalue weighted by atomic mass is 10.2. The van der Waals surface area contributed by atoms with Crippen LogP contribution in [0, 0.1) is 5.92 Å². The predicted molar refractivity (Wildman–Crippen MR) is 64.9 cm³/mol. The van der Waals surface area contributed by atoms with Gasteiger partial charge in [0.1, 0.15) is 11.4 Å². The number of hydrogen-bond acceptors (Lipinski definition) is 4. The van der Waals surface area contributed by atoms with Crippen molar-refractivity contribution in [2.75, 3.05) is 5.75 Å². The molecule has 1 aromatic heterocycles. The number of carbonyl (C=O) groups is 2. The number of aliphatic carboxylic acids is 1. The van der Waals surface area contributed by atoms with Crippen molar-refractivity contribution in [3.8, 4) is 0 Å². The highest BCUT2D eigenvalue weighted by Gasteiger charge is 2.46. The number of carboxylic acids is 1. The lowest BCUT2D eigenvalue weighted by molar-refractivity contribution is -0.149. The molecule has 0 unspecified atom stereocenters. The van der Waals surface area contributed by atoms with Gasteiger partial charge in [0.05, 0.1) is 12.5 Å². The minimum atomic E-state index is -0.928. The Morgan fingerprint density at radius 1 is 1.44 bits per heavy atom. The number of nitrogens with zero attached hydrogens (tertiary/aromatic N) is 1. The number of amides is 1. The smallest absolute Gasteiger partial charge is 0.327 e. The van der Waals surface area contributed by atoms with Gasteiger partial charge in [-0.25, -0.2) is 4.79 Å². The maximum Gasteiger partial charge on any atom is 0.327 e. The number of rotatable bonds is 3. The second-order valence-electron chi connectivity index (χ2n) is 4.62. The van der Waals surface area contributed by atoms with Crippen molar-refractivity contribution >= 4 is 23.6 Å². The van der Waals surface area contributed by atoms with E-state index >= 15 is 0 Å². The second-order valence-corrected chi connectivity index (χ2v) is 5.73. The maximum atomic E-state index is 12.2. The van der Waals surface area contributed by atoms with Crippen LogP contribution in [0.15, 0.2) is 23.0 Å². The molecule has 1 aliphatic heterocycles. The van der Waals surface area contributed by atoms with Crippen molar-refractivity contribution < 1.29 is 19.1 Å². The topological polar surface area (TPSA) is 70.8 Å². The Labute approximate surface area is 108 Å². The molecule has 1 aliphatic carbocycles. The van der Waals surface area contributed by atoms with Gasteiger partial charge in [0.25, 0.3) is 0 Å². The predicted octanol–water partition coefficient (Wildman–Crippen LogP) is 1.72. The Morgan fingerprint density at radius 3 is 2.78 bits per heavy atom. The van der Waals surface area contributed by atoms with Gasteiger partial charge in [-0.1, -0.05) is 0 Å². The lowest BCUT2D eigenvalue weighted by Gasteiger charge is -2.26. The van der Waals surface area contributed by atoms with Crippen LogP contribution in [0.4, 0.5) is 0 Å². The first-order valence-electron chi connectivity index (χ1n) is 5.87. The van der Waals surface area contributed by atoms with Crippen LogP contribution >= 0.6 is 11.8 Å². The highest BCUT2D eigenvalue weighted by molar-refractivity contribution is 7.99. The van der Waals surface area contributed by atoms with Gasteiger partial charge in [-0.15, -0.1) is 11.8 Å². The summed E-state index contributed by atoms with van der Waals surface area (Å²) in [6, 6.07) is 1.07. The zero-order chi connectivity index (χ0) is 12.7. The normalized spacial score (nSPS) is 27.4. The Hall–Kier alpha value is -1.43. The van der Waals surface area contributed by atoms with Crippen molar-refractivity contribution in [1.82, 2.24) is 4.90 Å². The van der Waals surface area contributed by atoms with Crippen molar-refractivity contribution in [2.45, 2.75) is 24.3 Å². The van der Waals surface area contributed by atoms with E-state index in [4.69, 9.17) is 4.42 Å². The molecule has 5 nitrogen and oxygen atoms in total. The monoisotopic (exact) mass is 267 g/mol. The molecule has 6 heteroatoms. The molecule has 1 saturated carbocycles. The summed E-state index contributed by atoms with van der Waals surface area (Å²) in [6.45, 7) is 0. The van der Waals surface area contributed by atoms with E-state index < -0.39 is 12.0 Å². The van der Waals surface area contributed by atoms with Crippen LogP contribution in [0.25, 0.3) is 0 Å². The number of furan rings is 1. The minimum absolute atomic E-state index is 0.0277. The van der Waals surface area contributed by atoms with E-state index in [-0.39, 0.29) is 17.2 Å². The van der Waals surface area contributed by atoms with Gasteiger partial charge >= 0.3 is 5.97 Å². The third kappa shape index (κ3) is 1.90. The Kier molecular flexibility index (Phi) is 2.81. The van der Waals surface area contributed by atoms with Crippen molar-refractivity contribution in [1.29, 1.82) is 0 Å². The third-order valence-corrected chi connectivity index (χ3v) is 4.62. The fourth-order valence-electron chi connectivity index (χ4n) is 2.18. The molecule has 2 heterocycles. The molecular formula is C12H13NO4S. The van der Waals surface area contributed by atoms with E-state index in [0.29, 0.717) is 5.75 Å². The highest BCUT2D eigenvalue weighted by atomic mass is 32.2. The summed E-state index contributed by atoms with van der Waals surface area (Å²) in [6.07, 6.45) is 4.88. The first-order chi connectivity index (χ1) is 8.68. The lowest BCUT2D eigenvalue weighted by Crippen LogP contribution is -2.43. The molecule has 0 aromatic carbocycles. The van der Waals surface area contributed by atoms with Crippen LogP contribution < -0.4 is 0 Å². The molecule has 1 N–H and O–H groups in total. The fraction of sp³-hybridized carbons (Fsp3) is 0.500. The minimum Gasteiger partial charge on any atom is -0.480 e. The molecule has 0 radical (unpaired) electrons. The van der Waals surface area contributed by atoms with Crippen molar-refractivity contribution in [3.63, 3.8) is 0 Å². The standard InChI is InChI=1S/C12H13NO4S/c14-10(7-1-2-7)13-9(12(15)16)6-18-11(13)8-3-4-17-5-8/h3-5,7,9,11H,1-2,6H2,(H,15,16)/t9-,11+/m0/s1. The van der Waals surface area contributed by atoms with E-state index in [1.807, 2.05) is 0 Å². The molecule has 96 valence electrons. The second kappa shape index (κ2) is 4.35. The van der Waals surface area contributed by atoms with Crippen molar-refractivity contribution in [3.05, 3.63) is 24.2 Å². The summed E-state index contributed by atoms with van der Waals surface area (Å²) in [5, 5.41) is 9.00. The third-order valence-electron chi connectivity index (χ3n) is 3.29. The summed E-state index contributed by atoms with van der Waals surface area (Å²) < 4.78 is 5.03. The van der Waals surface area contributed by atoms with Gasteiger partial charge in [0, 0.05) is 17.2 Å². The van der Waals surface area contributed by atoms with E-state index in [2.05, 4.69) is 0 Å². The average molecular weight is 267 g/mol. The van der Waals surface area contributed by atoms with Crippen LogP contribution in [-0.4, -0.2) is 33.7 Å². The van der Waals surface area contributed by atoms with Crippen LogP contribution in [0.2, 0.25) is 0 Å². The zero-order valence-electron chi connectivity index (χ0n) is 9.61. The molecule has 1 saturated heterocycles. The first-order valence-corrected chi connectivity index (χ1v) is 6.92. The molecular weight excluding hydrogens is 254 g/mol. The molecule has 1 amide bonds. The van der Waals surface area contributed by atoms with Crippen LogP contribution in [-0.2, 0) is 9.59 Å².